The van der Waals surface area contributed by atoms with Crippen LogP contribution in [0.5, 0.6) is 0 Å². The summed E-state index contributed by atoms with van der Waals surface area (Å²) in [4.78, 5) is 23.5. The maximum absolute atomic E-state index is 12.3. The number of carbonyl (C=O) groups is 2. The molecule has 0 unspecified atom stereocenters. The number of benzene rings is 1. The third kappa shape index (κ3) is 4.39. The van der Waals surface area contributed by atoms with Gasteiger partial charge < -0.3 is 15.0 Å². The first kappa shape index (κ1) is 18.8. The molecule has 5 nitrogen and oxygen atoms in total. The molecular weight excluding hydrogens is 352 g/mol. The molecule has 0 spiro atoms. The predicted molar refractivity (Wildman–Crippen MR) is 102 cm³/mol. The molecule has 140 valence electrons. The molecule has 1 amide bonds. The summed E-state index contributed by atoms with van der Waals surface area (Å²) in [5.74, 6) is -0.818. The summed E-state index contributed by atoms with van der Waals surface area (Å²) in [6.07, 6.45) is 7.42. The maximum Gasteiger partial charge on any atom is 0.303 e. The number of hydrogen-bond acceptors (Lipinski definition) is 2. The normalized spacial score (nSPS) is 16.5. The molecule has 2 N–H and O–H groups in total. The Hall–Kier alpha value is -2.01. The fourth-order valence-corrected chi connectivity index (χ4v) is 4.25. The van der Waals surface area contributed by atoms with Gasteiger partial charge in [0.15, 0.2) is 0 Å². The van der Waals surface area contributed by atoms with Gasteiger partial charge in [0.25, 0.3) is 0 Å². The lowest BCUT2D eigenvalue weighted by molar-refractivity contribution is -0.140. The number of nitrogens with zero attached hydrogens (tertiary/aromatic N) is 1. The van der Waals surface area contributed by atoms with Gasteiger partial charge in [0, 0.05) is 41.6 Å². The molecular formula is C20H25ClN2O3. The molecule has 0 bridgehead atoms. The van der Waals surface area contributed by atoms with E-state index in [9.17, 15) is 14.7 Å². The number of halogens is 1. The zero-order chi connectivity index (χ0) is 18.6. The van der Waals surface area contributed by atoms with Crippen LogP contribution >= 0.6 is 11.6 Å². The second kappa shape index (κ2) is 8.12. The van der Waals surface area contributed by atoms with E-state index in [2.05, 4.69) is 5.32 Å². The minimum Gasteiger partial charge on any atom is -0.481 e. The highest BCUT2D eigenvalue weighted by atomic mass is 35.5. The van der Waals surface area contributed by atoms with Crippen LogP contribution in [0.15, 0.2) is 30.5 Å². The Balaban J connectivity index is 1.56. The molecule has 1 aromatic heterocycles. The van der Waals surface area contributed by atoms with Gasteiger partial charge in [-0.25, -0.2) is 0 Å². The van der Waals surface area contributed by atoms with Crippen LogP contribution in [0.4, 0.5) is 0 Å². The third-order valence-corrected chi connectivity index (χ3v) is 5.77. The van der Waals surface area contributed by atoms with Gasteiger partial charge in [-0.1, -0.05) is 36.9 Å². The smallest absolute Gasteiger partial charge is 0.303 e. The SMILES string of the molecule is O=C(O)CC1(CNC(=O)CCn2ccc3c(Cl)cccc32)CCCCC1. The highest BCUT2D eigenvalue weighted by Crippen LogP contribution is 2.38. The lowest BCUT2D eigenvalue weighted by Gasteiger charge is -2.36. The summed E-state index contributed by atoms with van der Waals surface area (Å²) in [7, 11) is 0. The van der Waals surface area contributed by atoms with Crippen molar-refractivity contribution in [3.8, 4) is 0 Å². The zero-order valence-corrected chi connectivity index (χ0v) is 15.6. The largest absolute Gasteiger partial charge is 0.481 e. The van der Waals surface area contributed by atoms with Gasteiger partial charge in [-0.3, -0.25) is 9.59 Å². The van der Waals surface area contributed by atoms with E-state index < -0.39 is 5.97 Å². The van der Waals surface area contributed by atoms with E-state index in [0.717, 1.165) is 43.0 Å². The molecule has 1 heterocycles. The van der Waals surface area contributed by atoms with E-state index in [0.29, 0.717) is 24.5 Å². The topological polar surface area (TPSA) is 71.3 Å². The summed E-state index contributed by atoms with van der Waals surface area (Å²) < 4.78 is 2.02. The molecule has 3 rings (SSSR count). The lowest BCUT2D eigenvalue weighted by atomic mass is 9.71. The molecule has 6 heteroatoms. The number of carboxylic acid groups (broad SMARTS) is 1. The Kier molecular flexibility index (Phi) is 5.87. The number of rotatable bonds is 7. The van der Waals surface area contributed by atoms with Crippen LogP contribution in [0.25, 0.3) is 10.9 Å². The molecule has 1 fully saturated rings. The Labute approximate surface area is 158 Å². The van der Waals surface area contributed by atoms with E-state index in [-0.39, 0.29) is 17.7 Å². The van der Waals surface area contributed by atoms with Gasteiger partial charge >= 0.3 is 5.97 Å². The molecule has 2 aromatic rings. The van der Waals surface area contributed by atoms with Crippen LogP contribution in [0, 0.1) is 5.41 Å². The van der Waals surface area contributed by atoms with Crippen molar-refractivity contribution in [3.05, 3.63) is 35.5 Å². The highest BCUT2D eigenvalue weighted by molar-refractivity contribution is 6.35. The summed E-state index contributed by atoms with van der Waals surface area (Å²) in [6.45, 7) is 1.03. The van der Waals surface area contributed by atoms with Crippen molar-refractivity contribution in [2.24, 2.45) is 5.41 Å². The van der Waals surface area contributed by atoms with Gasteiger partial charge in [0.2, 0.25) is 5.91 Å². The molecule has 1 aliphatic carbocycles. The Morgan fingerprint density at radius 2 is 1.96 bits per heavy atom. The lowest BCUT2D eigenvalue weighted by Crippen LogP contribution is -2.40. The molecule has 0 saturated heterocycles. The average molecular weight is 377 g/mol. The van der Waals surface area contributed by atoms with Crippen LogP contribution in [0.2, 0.25) is 5.02 Å². The molecule has 26 heavy (non-hydrogen) atoms. The van der Waals surface area contributed by atoms with Gasteiger partial charge in [-0.05, 0) is 36.5 Å². The number of carboxylic acids is 1. The number of carbonyl (C=O) groups excluding carboxylic acids is 1. The Morgan fingerprint density at radius 3 is 2.69 bits per heavy atom. The van der Waals surface area contributed by atoms with Gasteiger partial charge in [-0.15, -0.1) is 0 Å². The van der Waals surface area contributed by atoms with E-state index in [1.165, 1.54) is 0 Å². The van der Waals surface area contributed by atoms with Gasteiger partial charge in [0.05, 0.1) is 6.42 Å². The molecule has 1 aromatic carbocycles. The van der Waals surface area contributed by atoms with Crippen LogP contribution in [0.3, 0.4) is 0 Å². The van der Waals surface area contributed by atoms with Gasteiger partial charge in [0.1, 0.15) is 0 Å². The van der Waals surface area contributed by atoms with Crippen molar-refractivity contribution in [2.75, 3.05) is 6.54 Å². The molecule has 1 aliphatic rings. The minimum absolute atomic E-state index is 0.0378. The Morgan fingerprint density at radius 1 is 1.19 bits per heavy atom. The van der Waals surface area contributed by atoms with E-state index >= 15 is 0 Å². The van der Waals surface area contributed by atoms with Crippen molar-refractivity contribution in [1.29, 1.82) is 0 Å². The number of aromatic nitrogens is 1. The molecule has 0 aliphatic heterocycles. The van der Waals surface area contributed by atoms with Crippen molar-refractivity contribution in [2.45, 2.75) is 51.5 Å². The Bertz CT molecular complexity index is 793. The maximum atomic E-state index is 12.3. The van der Waals surface area contributed by atoms with Crippen LogP contribution in [0.1, 0.15) is 44.9 Å². The first-order valence-electron chi connectivity index (χ1n) is 9.21. The second-order valence-electron chi connectivity index (χ2n) is 7.34. The first-order valence-corrected chi connectivity index (χ1v) is 9.59. The zero-order valence-electron chi connectivity index (χ0n) is 14.8. The van der Waals surface area contributed by atoms with Crippen molar-refractivity contribution >= 4 is 34.4 Å². The average Bonchev–Trinajstić information content (AvgIpc) is 3.03. The molecule has 0 atom stereocenters. The molecule has 0 radical (unpaired) electrons. The first-order chi connectivity index (χ1) is 12.5. The van der Waals surface area contributed by atoms with Crippen LogP contribution in [-0.2, 0) is 16.1 Å². The standard InChI is InChI=1S/C20H25ClN2O3/c21-16-5-4-6-17-15(16)7-11-23(17)12-8-18(24)22-14-20(13-19(25)26)9-2-1-3-10-20/h4-7,11H,1-3,8-10,12-14H2,(H,22,24)(H,25,26). The van der Waals surface area contributed by atoms with Crippen molar-refractivity contribution < 1.29 is 14.7 Å². The fourth-order valence-electron chi connectivity index (χ4n) is 4.02. The van der Waals surface area contributed by atoms with E-state index in [1.54, 1.807) is 0 Å². The monoisotopic (exact) mass is 376 g/mol. The van der Waals surface area contributed by atoms with Crippen molar-refractivity contribution in [3.63, 3.8) is 0 Å². The summed E-state index contributed by atoms with van der Waals surface area (Å²) >= 11 is 6.19. The number of aliphatic carboxylic acids is 1. The number of nitrogens with one attached hydrogen (secondary N) is 1. The van der Waals surface area contributed by atoms with Crippen molar-refractivity contribution in [1.82, 2.24) is 9.88 Å². The second-order valence-corrected chi connectivity index (χ2v) is 7.75. The third-order valence-electron chi connectivity index (χ3n) is 5.44. The predicted octanol–water partition coefficient (Wildman–Crippen LogP) is 4.23. The summed E-state index contributed by atoms with van der Waals surface area (Å²) in [5, 5.41) is 13.9. The van der Waals surface area contributed by atoms with E-state index in [1.807, 2.05) is 35.0 Å². The number of fused-ring (bicyclic) bond motifs is 1. The summed E-state index contributed by atoms with van der Waals surface area (Å²) in [5.41, 5.74) is 0.730. The summed E-state index contributed by atoms with van der Waals surface area (Å²) in [6, 6.07) is 7.70. The van der Waals surface area contributed by atoms with Crippen LogP contribution < -0.4 is 5.32 Å². The quantitative estimate of drug-likeness (QED) is 0.759. The fraction of sp³-hybridized carbons (Fsp3) is 0.500. The number of amides is 1. The minimum atomic E-state index is -0.781. The van der Waals surface area contributed by atoms with Crippen LogP contribution in [-0.4, -0.2) is 28.1 Å². The van der Waals surface area contributed by atoms with E-state index in [4.69, 9.17) is 11.6 Å². The number of hydrogen-bond donors (Lipinski definition) is 2. The van der Waals surface area contributed by atoms with Gasteiger partial charge in [-0.2, -0.15) is 0 Å². The number of aryl methyl sites for hydroxylation is 1. The molecule has 1 saturated carbocycles. The highest BCUT2D eigenvalue weighted by Gasteiger charge is 2.34.